The number of amides is 1. The Morgan fingerprint density at radius 2 is 1.87 bits per heavy atom. The third-order valence-electron chi connectivity index (χ3n) is 3.48. The number of nitrogens with zero attached hydrogens (tertiary/aromatic N) is 1. The molecule has 2 saturated heterocycles. The van der Waals surface area contributed by atoms with Crippen molar-refractivity contribution in [1.82, 2.24) is 4.90 Å². The molecule has 0 radical (unpaired) electrons. The van der Waals surface area contributed by atoms with E-state index in [9.17, 15) is 4.79 Å². The zero-order chi connectivity index (χ0) is 10.7. The summed E-state index contributed by atoms with van der Waals surface area (Å²) in [5.74, 6) is 2.97. The lowest BCUT2D eigenvalue weighted by Crippen LogP contribution is -2.47. The summed E-state index contributed by atoms with van der Waals surface area (Å²) in [5, 5.41) is 0. The maximum atomic E-state index is 12.0. The first kappa shape index (κ1) is 11.3. The SMILES string of the molecule is NC(C(=O)N1CCCC1)C1CCSCC1. The normalized spacial score (nSPS) is 25.5. The first-order valence-corrected chi connectivity index (χ1v) is 7.06. The van der Waals surface area contributed by atoms with Crippen molar-refractivity contribution in [2.75, 3.05) is 24.6 Å². The molecule has 3 nitrogen and oxygen atoms in total. The zero-order valence-corrected chi connectivity index (χ0v) is 9.97. The Bertz CT molecular complexity index is 223. The highest BCUT2D eigenvalue weighted by Crippen LogP contribution is 2.25. The van der Waals surface area contributed by atoms with E-state index in [0.717, 1.165) is 38.8 Å². The Kier molecular flexibility index (Phi) is 3.92. The van der Waals surface area contributed by atoms with Crippen LogP contribution in [0.3, 0.4) is 0 Å². The lowest BCUT2D eigenvalue weighted by molar-refractivity contribution is -0.132. The molecule has 4 heteroatoms. The number of thioether (sulfide) groups is 1. The molecule has 0 bridgehead atoms. The largest absolute Gasteiger partial charge is 0.341 e. The van der Waals surface area contributed by atoms with Crippen LogP contribution >= 0.6 is 11.8 Å². The maximum absolute atomic E-state index is 12.0. The Morgan fingerprint density at radius 3 is 2.47 bits per heavy atom. The van der Waals surface area contributed by atoms with Crippen molar-refractivity contribution >= 4 is 17.7 Å². The number of carbonyl (C=O) groups is 1. The molecular weight excluding hydrogens is 208 g/mol. The van der Waals surface area contributed by atoms with Crippen molar-refractivity contribution in [3.63, 3.8) is 0 Å². The molecule has 2 N–H and O–H groups in total. The van der Waals surface area contributed by atoms with Gasteiger partial charge < -0.3 is 10.6 Å². The fourth-order valence-corrected chi connectivity index (χ4v) is 3.57. The van der Waals surface area contributed by atoms with Crippen molar-refractivity contribution in [3.8, 4) is 0 Å². The van der Waals surface area contributed by atoms with E-state index in [-0.39, 0.29) is 11.9 Å². The predicted octanol–water partition coefficient (Wildman–Crippen LogP) is 1.08. The highest BCUT2D eigenvalue weighted by Gasteiger charge is 2.30. The Balaban J connectivity index is 1.87. The number of nitrogens with two attached hydrogens (primary N) is 1. The zero-order valence-electron chi connectivity index (χ0n) is 9.15. The quantitative estimate of drug-likeness (QED) is 0.769. The molecule has 2 aliphatic heterocycles. The molecule has 2 fully saturated rings. The van der Waals surface area contributed by atoms with E-state index in [2.05, 4.69) is 0 Å². The van der Waals surface area contributed by atoms with Gasteiger partial charge in [0, 0.05) is 13.1 Å². The van der Waals surface area contributed by atoms with Gasteiger partial charge >= 0.3 is 0 Å². The second kappa shape index (κ2) is 5.21. The van der Waals surface area contributed by atoms with Crippen LogP contribution in [0.5, 0.6) is 0 Å². The van der Waals surface area contributed by atoms with E-state index in [0.29, 0.717) is 5.92 Å². The topological polar surface area (TPSA) is 46.3 Å². The van der Waals surface area contributed by atoms with Crippen LogP contribution in [0.2, 0.25) is 0 Å². The average molecular weight is 228 g/mol. The van der Waals surface area contributed by atoms with Gasteiger partial charge in [-0.3, -0.25) is 4.79 Å². The number of rotatable bonds is 2. The Morgan fingerprint density at radius 1 is 1.27 bits per heavy atom. The van der Waals surface area contributed by atoms with Crippen LogP contribution in [-0.4, -0.2) is 41.4 Å². The van der Waals surface area contributed by atoms with Crippen LogP contribution in [0.25, 0.3) is 0 Å². The highest BCUT2D eigenvalue weighted by molar-refractivity contribution is 7.99. The average Bonchev–Trinajstić information content (AvgIpc) is 2.82. The monoisotopic (exact) mass is 228 g/mol. The molecule has 0 aromatic carbocycles. The van der Waals surface area contributed by atoms with Crippen LogP contribution in [0, 0.1) is 5.92 Å². The summed E-state index contributed by atoms with van der Waals surface area (Å²) in [6.07, 6.45) is 4.54. The van der Waals surface area contributed by atoms with E-state index in [1.807, 2.05) is 16.7 Å². The van der Waals surface area contributed by atoms with Crippen LogP contribution in [0.1, 0.15) is 25.7 Å². The van der Waals surface area contributed by atoms with Crippen LogP contribution < -0.4 is 5.73 Å². The predicted molar refractivity (Wildman–Crippen MR) is 63.8 cm³/mol. The summed E-state index contributed by atoms with van der Waals surface area (Å²) in [4.78, 5) is 14.0. The molecule has 15 heavy (non-hydrogen) atoms. The molecule has 1 atom stereocenters. The van der Waals surface area contributed by atoms with E-state index < -0.39 is 0 Å². The third-order valence-corrected chi connectivity index (χ3v) is 4.53. The number of carbonyl (C=O) groups excluding carboxylic acids is 1. The smallest absolute Gasteiger partial charge is 0.239 e. The van der Waals surface area contributed by atoms with E-state index in [1.54, 1.807) is 0 Å². The summed E-state index contributed by atoms with van der Waals surface area (Å²) >= 11 is 1.98. The molecule has 86 valence electrons. The van der Waals surface area contributed by atoms with Crippen LogP contribution in [0.15, 0.2) is 0 Å². The van der Waals surface area contributed by atoms with Gasteiger partial charge in [-0.1, -0.05) is 0 Å². The Labute approximate surface area is 95.8 Å². The molecule has 0 aromatic rings. The van der Waals surface area contributed by atoms with Crippen molar-refractivity contribution in [3.05, 3.63) is 0 Å². The summed E-state index contributed by atoms with van der Waals surface area (Å²) in [7, 11) is 0. The van der Waals surface area contributed by atoms with Crippen molar-refractivity contribution in [1.29, 1.82) is 0 Å². The van der Waals surface area contributed by atoms with E-state index in [4.69, 9.17) is 5.73 Å². The fourth-order valence-electron chi connectivity index (χ4n) is 2.42. The molecule has 0 aliphatic carbocycles. The molecule has 2 heterocycles. The molecule has 0 saturated carbocycles. The number of hydrogen-bond donors (Lipinski definition) is 1. The van der Waals surface area contributed by atoms with Gasteiger partial charge in [0.15, 0.2) is 0 Å². The maximum Gasteiger partial charge on any atom is 0.239 e. The van der Waals surface area contributed by atoms with Gasteiger partial charge in [-0.2, -0.15) is 11.8 Å². The van der Waals surface area contributed by atoms with E-state index in [1.165, 1.54) is 11.5 Å². The third kappa shape index (κ3) is 2.67. The second-order valence-electron chi connectivity index (χ2n) is 4.51. The minimum atomic E-state index is -0.232. The first-order valence-electron chi connectivity index (χ1n) is 5.91. The molecule has 0 spiro atoms. The Hall–Kier alpha value is -0.220. The fraction of sp³-hybridized carbons (Fsp3) is 0.909. The lowest BCUT2D eigenvalue weighted by atomic mass is 9.93. The van der Waals surface area contributed by atoms with Crippen molar-refractivity contribution in [2.45, 2.75) is 31.7 Å². The molecule has 2 rings (SSSR count). The molecule has 1 unspecified atom stereocenters. The summed E-state index contributed by atoms with van der Waals surface area (Å²) in [5.41, 5.74) is 6.07. The number of hydrogen-bond acceptors (Lipinski definition) is 3. The summed E-state index contributed by atoms with van der Waals surface area (Å²) in [6, 6.07) is -0.232. The molecule has 1 amide bonds. The first-order chi connectivity index (χ1) is 7.29. The van der Waals surface area contributed by atoms with Gasteiger partial charge in [-0.05, 0) is 43.1 Å². The minimum Gasteiger partial charge on any atom is -0.341 e. The highest BCUT2D eigenvalue weighted by atomic mass is 32.2. The summed E-state index contributed by atoms with van der Waals surface area (Å²) < 4.78 is 0. The second-order valence-corrected chi connectivity index (χ2v) is 5.73. The van der Waals surface area contributed by atoms with E-state index >= 15 is 0 Å². The van der Waals surface area contributed by atoms with Gasteiger partial charge in [-0.25, -0.2) is 0 Å². The lowest BCUT2D eigenvalue weighted by Gasteiger charge is -2.29. The van der Waals surface area contributed by atoms with Crippen LogP contribution in [0.4, 0.5) is 0 Å². The standard InChI is InChI=1S/C11H20N2OS/c12-10(9-3-7-15-8-4-9)11(14)13-5-1-2-6-13/h9-10H,1-8,12H2. The van der Waals surface area contributed by atoms with Gasteiger partial charge in [0.2, 0.25) is 5.91 Å². The van der Waals surface area contributed by atoms with Gasteiger partial charge in [-0.15, -0.1) is 0 Å². The number of likely N-dealkylation sites (tertiary alicyclic amines) is 1. The van der Waals surface area contributed by atoms with Gasteiger partial charge in [0.05, 0.1) is 6.04 Å². The molecule has 0 aromatic heterocycles. The molecular formula is C11H20N2OS. The minimum absolute atomic E-state index is 0.199. The van der Waals surface area contributed by atoms with Crippen molar-refractivity contribution < 1.29 is 4.79 Å². The summed E-state index contributed by atoms with van der Waals surface area (Å²) in [6.45, 7) is 1.85. The van der Waals surface area contributed by atoms with Crippen molar-refractivity contribution in [2.24, 2.45) is 11.7 Å². The van der Waals surface area contributed by atoms with Gasteiger partial charge in [0.25, 0.3) is 0 Å². The molecule has 2 aliphatic rings. The van der Waals surface area contributed by atoms with Crippen LogP contribution in [-0.2, 0) is 4.79 Å². The van der Waals surface area contributed by atoms with Gasteiger partial charge in [0.1, 0.15) is 0 Å².